The van der Waals surface area contributed by atoms with E-state index >= 15 is 0 Å². The summed E-state index contributed by atoms with van der Waals surface area (Å²) in [5.74, 6) is 0.929. The van der Waals surface area contributed by atoms with Crippen molar-refractivity contribution < 1.29 is 4.79 Å². The number of hydrogen-bond donors (Lipinski definition) is 2. The lowest BCUT2D eigenvalue weighted by Crippen LogP contribution is -2.30. The van der Waals surface area contributed by atoms with E-state index in [4.69, 9.17) is 0 Å². The van der Waals surface area contributed by atoms with Gasteiger partial charge < -0.3 is 9.88 Å². The SMILES string of the molecule is CCN1C(=O)C(C)NC1c1ncc[nH]1. The Morgan fingerprint density at radius 3 is 3.00 bits per heavy atom. The third kappa shape index (κ3) is 1.29. The third-order valence-electron chi connectivity index (χ3n) is 2.49. The van der Waals surface area contributed by atoms with Gasteiger partial charge in [-0.1, -0.05) is 0 Å². The van der Waals surface area contributed by atoms with E-state index in [0.29, 0.717) is 6.54 Å². The van der Waals surface area contributed by atoms with Gasteiger partial charge in [-0.2, -0.15) is 0 Å². The van der Waals surface area contributed by atoms with Crippen LogP contribution in [0.3, 0.4) is 0 Å². The van der Waals surface area contributed by atoms with Crippen molar-refractivity contribution in [1.29, 1.82) is 0 Å². The highest BCUT2D eigenvalue weighted by molar-refractivity contribution is 5.83. The van der Waals surface area contributed by atoms with Gasteiger partial charge in [0.1, 0.15) is 12.0 Å². The lowest BCUT2D eigenvalue weighted by atomic mass is 10.3. The molecule has 1 aliphatic heterocycles. The smallest absolute Gasteiger partial charge is 0.241 e. The van der Waals surface area contributed by atoms with Crippen molar-refractivity contribution in [2.75, 3.05) is 6.54 Å². The maximum atomic E-state index is 11.7. The molecule has 0 spiro atoms. The van der Waals surface area contributed by atoms with Crippen LogP contribution in [0.4, 0.5) is 0 Å². The first kappa shape index (κ1) is 9.21. The molecule has 5 nitrogen and oxygen atoms in total. The van der Waals surface area contributed by atoms with E-state index < -0.39 is 0 Å². The minimum absolute atomic E-state index is 0.0995. The summed E-state index contributed by atoms with van der Waals surface area (Å²) in [5, 5.41) is 3.19. The standard InChI is InChI=1S/C9H14N4O/c1-3-13-8(7-10-4-5-11-7)12-6(2)9(13)14/h4-6,8,12H,3H2,1-2H3,(H,10,11). The molecule has 1 saturated heterocycles. The van der Waals surface area contributed by atoms with E-state index in [9.17, 15) is 4.79 Å². The topological polar surface area (TPSA) is 61.0 Å². The molecule has 0 aromatic carbocycles. The molecular weight excluding hydrogens is 180 g/mol. The molecule has 1 aliphatic rings. The van der Waals surface area contributed by atoms with Crippen LogP contribution in [0.15, 0.2) is 12.4 Å². The van der Waals surface area contributed by atoms with Crippen LogP contribution in [0.1, 0.15) is 25.8 Å². The zero-order valence-electron chi connectivity index (χ0n) is 8.32. The fourth-order valence-electron chi connectivity index (χ4n) is 1.77. The summed E-state index contributed by atoms with van der Waals surface area (Å²) in [6.07, 6.45) is 3.36. The predicted molar refractivity (Wildman–Crippen MR) is 51.3 cm³/mol. The third-order valence-corrected chi connectivity index (χ3v) is 2.49. The summed E-state index contributed by atoms with van der Waals surface area (Å²) in [6.45, 7) is 4.53. The van der Waals surface area contributed by atoms with E-state index in [1.165, 1.54) is 0 Å². The number of carbonyl (C=O) groups is 1. The molecule has 0 radical (unpaired) electrons. The molecule has 14 heavy (non-hydrogen) atoms. The number of carbonyl (C=O) groups excluding carboxylic acids is 1. The molecule has 1 aromatic rings. The Hall–Kier alpha value is -1.36. The molecule has 0 saturated carbocycles. The fourth-order valence-corrected chi connectivity index (χ4v) is 1.77. The number of rotatable bonds is 2. The van der Waals surface area contributed by atoms with Crippen LogP contribution >= 0.6 is 0 Å². The molecule has 1 aromatic heterocycles. The predicted octanol–water partition coefficient (Wildman–Crippen LogP) is 0.248. The average molecular weight is 194 g/mol. The molecule has 0 bridgehead atoms. The maximum Gasteiger partial charge on any atom is 0.241 e. The van der Waals surface area contributed by atoms with E-state index in [1.807, 2.05) is 13.8 Å². The minimum atomic E-state index is -0.120. The molecule has 2 N–H and O–H groups in total. The zero-order chi connectivity index (χ0) is 10.1. The number of amides is 1. The Morgan fingerprint density at radius 1 is 1.64 bits per heavy atom. The van der Waals surface area contributed by atoms with Crippen LogP contribution in [0.2, 0.25) is 0 Å². The Balaban J connectivity index is 2.24. The lowest BCUT2D eigenvalue weighted by Gasteiger charge is -2.20. The van der Waals surface area contributed by atoms with Gasteiger partial charge in [-0.15, -0.1) is 0 Å². The lowest BCUT2D eigenvalue weighted by molar-refractivity contribution is -0.129. The first-order valence-corrected chi connectivity index (χ1v) is 4.80. The largest absolute Gasteiger partial charge is 0.346 e. The van der Waals surface area contributed by atoms with Crippen molar-refractivity contribution in [2.24, 2.45) is 0 Å². The summed E-state index contributed by atoms with van der Waals surface area (Å²) in [4.78, 5) is 20.6. The Labute approximate surface area is 82.5 Å². The van der Waals surface area contributed by atoms with Gasteiger partial charge in [-0.3, -0.25) is 10.1 Å². The van der Waals surface area contributed by atoms with E-state index in [1.54, 1.807) is 17.3 Å². The van der Waals surface area contributed by atoms with Crippen LogP contribution in [0, 0.1) is 0 Å². The maximum absolute atomic E-state index is 11.7. The molecule has 76 valence electrons. The number of aromatic amines is 1. The summed E-state index contributed by atoms with van der Waals surface area (Å²) in [7, 11) is 0. The van der Waals surface area contributed by atoms with Crippen molar-refractivity contribution in [1.82, 2.24) is 20.2 Å². The van der Waals surface area contributed by atoms with Crippen LogP contribution in [-0.4, -0.2) is 33.4 Å². The fraction of sp³-hybridized carbons (Fsp3) is 0.556. The first-order valence-electron chi connectivity index (χ1n) is 4.80. The monoisotopic (exact) mass is 194 g/mol. The molecule has 2 atom stereocenters. The van der Waals surface area contributed by atoms with Gasteiger partial charge in [0.2, 0.25) is 5.91 Å². The number of aromatic nitrogens is 2. The number of nitrogens with one attached hydrogen (secondary N) is 2. The van der Waals surface area contributed by atoms with Crippen LogP contribution in [0.5, 0.6) is 0 Å². The Kier molecular flexibility index (Phi) is 2.25. The second-order valence-corrected chi connectivity index (χ2v) is 3.39. The normalized spacial score (nSPS) is 27.3. The zero-order valence-corrected chi connectivity index (χ0v) is 8.32. The molecular formula is C9H14N4O. The highest BCUT2D eigenvalue weighted by Crippen LogP contribution is 2.21. The molecule has 2 heterocycles. The Morgan fingerprint density at radius 2 is 2.43 bits per heavy atom. The highest BCUT2D eigenvalue weighted by Gasteiger charge is 2.37. The molecule has 2 unspecified atom stereocenters. The summed E-state index contributed by atoms with van der Waals surface area (Å²) < 4.78 is 0. The number of hydrogen-bond acceptors (Lipinski definition) is 3. The molecule has 2 rings (SSSR count). The number of likely N-dealkylation sites (N-methyl/N-ethyl adjacent to an activating group) is 1. The second kappa shape index (κ2) is 3.42. The van der Waals surface area contributed by atoms with Crippen molar-refractivity contribution in [3.63, 3.8) is 0 Å². The number of nitrogens with zero attached hydrogens (tertiary/aromatic N) is 2. The van der Waals surface area contributed by atoms with Gasteiger partial charge in [0.15, 0.2) is 0 Å². The number of H-pyrrole nitrogens is 1. The summed E-state index contributed by atoms with van der Waals surface area (Å²) in [6, 6.07) is -0.120. The quantitative estimate of drug-likeness (QED) is 0.709. The summed E-state index contributed by atoms with van der Waals surface area (Å²) in [5.41, 5.74) is 0. The van der Waals surface area contributed by atoms with Crippen LogP contribution in [0.25, 0.3) is 0 Å². The van der Waals surface area contributed by atoms with Crippen molar-refractivity contribution in [2.45, 2.75) is 26.1 Å². The molecule has 5 heteroatoms. The van der Waals surface area contributed by atoms with Gasteiger partial charge in [-0.05, 0) is 13.8 Å². The van der Waals surface area contributed by atoms with Gasteiger partial charge in [-0.25, -0.2) is 4.98 Å². The van der Waals surface area contributed by atoms with Gasteiger partial charge in [0.25, 0.3) is 0 Å². The number of imidazole rings is 1. The average Bonchev–Trinajstić information content (AvgIpc) is 2.76. The van der Waals surface area contributed by atoms with Gasteiger partial charge in [0.05, 0.1) is 6.04 Å². The van der Waals surface area contributed by atoms with Gasteiger partial charge in [0, 0.05) is 18.9 Å². The Bertz CT molecular complexity index is 322. The molecule has 0 aliphatic carbocycles. The van der Waals surface area contributed by atoms with E-state index in [2.05, 4.69) is 15.3 Å². The van der Waals surface area contributed by atoms with Crippen molar-refractivity contribution in [3.05, 3.63) is 18.2 Å². The second-order valence-electron chi connectivity index (χ2n) is 3.39. The van der Waals surface area contributed by atoms with Crippen molar-refractivity contribution >= 4 is 5.91 Å². The van der Waals surface area contributed by atoms with E-state index in [0.717, 1.165) is 5.82 Å². The van der Waals surface area contributed by atoms with Crippen LogP contribution in [-0.2, 0) is 4.79 Å². The van der Waals surface area contributed by atoms with Crippen LogP contribution < -0.4 is 5.32 Å². The molecule has 1 fully saturated rings. The van der Waals surface area contributed by atoms with Crippen molar-refractivity contribution in [3.8, 4) is 0 Å². The molecule has 1 amide bonds. The summed E-state index contributed by atoms with van der Waals surface area (Å²) >= 11 is 0. The highest BCUT2D eigenvalue weighted by atomic mass is 16.2. The van der Waals surface area contributed by atoms with E-state index in [-0.39, 0.29) is 18.1 Å². The first-order chi connectivity index (χ1) is 6.74. The van der Waals surface area contributed by atoms with Gasteiger partial charge >= 0.3 is 0 Å². The minimum Gasteiger partial charge on any atom is -0.346 e.